The quantitative estimate of drug-likeness (QED) is 0.494. The molecule has 5 heteroatoms. The van der Waals surface area contributed by atoms with Gasteiger partial charge in [0.15, 0.2) is 0 Å². The topological polar surface area (TPSA) is 48.0 Å². The lowest BCUT2D eigenvalue weighted by Gasteiger charge is -2.07. The molecular formula is C21H15N5. The van der Waals surface area contributed by atoms with Crippen LogP contribution in [-0.4, -0.2) is 24.1 Å². The molecule has 4 aromatic heterocycles. The van der Waals surface area contributed by atoms with Crippen LogP contribution in [0.4, 0.5) is 0 Å². The smallest absolute Gasteiger partial charge is 0.137 e. The second-order valence-electron chi connectivity index (χ2n) is 6.03. The molecule has 0 amide bonds. The summed E-state index contributed by atoms with van der Waals surface area (Å²) < 4.78 is 3.95. The fraction of sp³-hybridized carbons (Fsp3) is 0. The van der Waals surface area contributed by atoms with Crippen molar-refractivity contribution in [3.63, 3.8) is 0 Å². The number of imidazole rings is 1. The molecule has 4 heterocycles. The molecule has 0 saturated heterocycles. The lowest BCUT2D eigenvalue weighted by Crippen LogP contribution is -1.95. The second-order valence-corrected chi connectivity index (χ2v) is 6.03. The Labute approximate surface area is 150 Å². The van der Waals surface area contributed by atoms with E-state index in [9.17, 15) is 0 Å². The Hall–Kier alpha value is -3.73. The predicted octanol–water partition coefficient (Wildman–Crippen LogP) is 4.25. The molecule has 5 aromatic rings. The highest BCUT2D eigenvalue weighted by atomic mass is 15.3. The minimum absolute atomic E-state index is 0.908. The highest BCUT2D eigenvalue weighted by Crippen LogP contribution is 2.26. The van der Waals surface area contributed by atoms with Gasteiger partial charge in [-0.2, -0.15) is 5.10 Å². The Morgan fingerprint density at radius 3 is 2.54 bits per heavy atom. The summed E-state index contributed by atoms with van der Waals surface area (Å²) in [5, 5.41) is 4.30. The summed E-state index contributed by atoms with van der Waals surface area (Å²) in [5.74, 6) is 0. The van der Waals surface area contributed by atoms with Gasteiger partial charge in [0, 0.05) is 42.1 Å². The van der Waals surface area contributed by atoms with Gasteiger partial charge in [-0.25, -0.2) is 9.67 Å². The Balaban J connectivity index is 1.59. The molecule has 5 rings (SSSR count). The van der Waals surface area contributed by atoms with Gasteiger partial charge in [-0.15, -0.1) is 0 Å². The second kappa shape index (κ2) is 5.97. The summed E-state index contributed by atoms with van der Waals surface area (Å²) in [6.45, 7) is 0. The van der Waals surface area contributed by atoms with Gasteiger partial charge >= 0.3 is 0 Å². The first-order valence-electron chi connectivity index (χ1n) is 8.36. The molecule has 0 aliphatic rings. The van der Waals surface area contributed by atoms with Crippen LogP contribution >= 0.6 is 0 Å². The lowest BCUT2D eigenvalue weighted by atomic mass is 10.1. The zero-order valence-corrected chi connectivity index (χ0v) is 13.9. The van der Waals surface area contributed by atoms with Crippen molar-refractivity contribution < 1.29 is 0 Å². The monoisotopic (exact) mass is 337 g/mol. The van der Waals surface area contributed by atoms with Gasteiger partial charge in [0.05, 0.1) is 17.6 Å². The summed E-state index contributed by atoms with van der Waals surface area (Å²) in [6, 6.07) is 18.4. The zero-order chi connectivity index (χ0) is 17.3. The normalized spacial score (nSPS) is 11.1. The average molecular weight is 337 g/mol. The first-order valence-corrected chi connectivity index (χ1v) is 8.36. The molecular weight excluding hydrogens is 322 g/mol. The molecule has 1 aromatic carbocycles. The van der Waals surface area contributed by atoms with Crippen LogP contribution in [0.25, 0.3) is 33.7 Å². The first-order chi connectivity index (χ1) is 12.9. The van der Waals surface area contributed by atoms with Gasteiger partial charge in [-0.1, -0.05) is 18.2 Å². The van der Waals surface area contributed by atoms with E-state index in [0.29, 0.717) is 0 Å². The summed E-state index contributed by atoms with van der Waals surface area (Å²) in [6.07, 6.45) is 11.3. The van der Waals surface area contributed by atoms with Crippen LogP contribution in [0.2, 0.25) is 0 Å². The van der Waals surface area contributed by atoms with Gasteiger partial charge in [0.1, 0.15) is 5.65 Å². The van der Waals surface area contributed by atoms with E-state index in [4.69, 9.17) is 0 Å². The zero-order valence-electron chi connectivity index (χ0n) is 13.9. The first kappa shape index (κ1) is 14.6. The molecule has 0 radical (unpaired) electrons. The van der Waals surface area contributed by atoms with Crippen LogP contribution < -0.4 is 0 Å². The number of hydrogen-bond acceptors (Lipinski definition) is 3. The van der Waals surface area contributed by atoms with Crippen molar-refractivity contribution in [1.29, 1.82) is 0 Å². The number of fused-ring (bicyclic) bond motifs is 1. The molecule has 0 aliphatic carbocycles. The Bertz CT molecular complexity index is 1170. The number of pyridine rings is 2. The fourth-order valence-electron chi connectivity index (χ4n) is 3.14. The van der Waals surface area contributed by atoms with E-state index in [1.54, 1.807) is 12.4 Å². The summed E-state index contributed by atoms with van der Waals surface area (Å²) in [4.78, 5) is 8.79. The minimum atomic E-state index is 0.908. The molecule has 5 nitrogen and oxygen atoms in total. The van der Waals surface area contributed by atoms with Gasteiger partial charge in [0.2, 0.25) is 0 Å². The van der Waals surface area contributed by atoms with Crippen molar-refractivity contribution in [2.75, 3.05) is 0 Å². The fourth-order valence-corrected chi connectivity index (χ4v) is 3.14. The van der Waals surface area contributed by atoms with Crippen LogP contribution in [0, 0.1) is 0 Å². The molecule has 0 unspecified atom stereocenters. The molecule has 0 bridgehead atoms. The van der Waals surface area contributed by atoms with E-state index >= 15 is 0 Å². The molecule has 26 heavy (non-hydrogen) atoms. The van der Waals surface area contributed by atoms with E-state index in [-0.39, 0.29) is 0 Å². The number of benzene rings is 1. The standard InChI is InChI=1S/C21H15N5/c1-4-17(12-19(6-1)26-10-3-9-24-26)20-15-23-21-13-16(7-11-25(20)21)18-5-2-8-22-14-18/h1-15H. The molecule has 0 fully saturated rings. The summed E-state index contributed by atoms with van der Waals surface area (Å²) >= 11 is 0. The number of aromatic nitrogens is 5. The van der Waals surface area contributed by atoms with E-state index in [1.165, 1.54) is 0 Å². The molecule has 0 aliphatic heterocycles. The van der Waals surface area contributed by atoms with Crippen molar-refractivity contribution >= 4 is 5.65 Å². The molecule has 0 atom stereocenters. The highest BCUT2D eigenvalue weighted by molar-refractivity contribution is 5.71. The predicted molar refractivity (Wildman–Crippen MR) is 101 cm³/mol. The van der Waals surface area contributed by atoms with Crippen LogP contribution in [0.15, 0.2) is 91.8 Å². The SMILES string of the molecule is c1cncc(-c2ccn3c(-c4cccc(-n5cccn5)c4)cnc3c2)c1. The van der Waals surface area contributed by atoms with E-state index in [1.807, 2.05) is 47.5 Å². The highest BCUT2D eigenvalue weighted by Gasteiger charge is 2.08. The average Bonchev–Trinajstić information content (AvgIpc) is 3.38. The van der Waals surface area contributed by atoms with Crippen molar-refractivity contribution in [3.8, 4) is 28.1 Å². The van der Waals surface area contributed by atoms with Crippen molar-refractivity contribution in [1.82, 2.24) is 24.1 Å². The summed E-state index contributed by atoms with van der Waals surface area (Å²) in [7, 11) is 0. The molecule has 0 spiro atoms. The van der Waals surface area contributed by atoms with Crippen molar-refractivity contribution in [3.05, 3.63) is 91.8 Å². The van der Waals surface area contributed by atoms with E-state index in [2.05, 4.69) is 56.0 Å². The third-order valence-corrected chi connectivity index (χ3v) is 4.42. The molecule has 0 N–H and O–H groups in total. The summed E-state index contributed by atoms with van der Waals surface area (Å²) in [5.41, 5.74) is 6.26. The maximum Gasteiger partial charge on any atom is 0.137 e. The largest absolute Gasteiger partial charge is 0.300 e. The molecule has 124 valence electrons. The van der Waals surface area contributed by atoms with Gasteiger partial charge in [-0.3, -0.25) is 9.38 Å². The third kappa shape index (κ3) is 2.46. The Morgan fingerprint density at radius 2 is 1.69 bits per heavy atom. The Kier molecular flexibility index (Phi) is 3.35. The van der Waals surface area contributed by atoms with Gasteiger partial charge < -0.3 is 0 Å². The number of hydrogen-bond donors (Lipinski definition) is 0. The van der Waals surface area contributed by atoms with E-state index < -0.39 is 0 Å². The van der Waals surface area contributed by atoms with Crippen molar-refractivity contribution in [2.24, 2.45) is 0 Å². The molecule has 0 saturated carbocycles. The lowest BCUT2D eigenvalue weighted by molar-refractivity contribution is 0.881. The third-order valence-electron chi connectivity index (χ3n) is 4.42. The number of nitrogens with zero attached hydrogens (tertiary/aromatic N) is 5. The van der Waals surface area contributed by atoms with Crippen molar-refractivity contribution in [2.45, 2.75) is 0 Å². The van der Waals surface area contributed by atoms with E-state index in [0.717, 1.165) is 33.7 Å². The van der Waals surface area contributed by atoms with Crippen LogP contribution in [0.3, 0.4) is 0 Å². The van der Waals surface area contributed by atoms with Gasteiger partial charge in [-0.05, 0) is 42.0 Å². The maximum atomic E-state index is 4.59. The Morgan fingerprint density at radius 1 is 0.731 bits per heavy atom. The van der Waals surface area contributed by atoms with Gasteiger partial charge in [0.25, 0.3) is 0 Å². The van der Waals surface area contributed by atoms with Crippen LogP contribution in [0.1, 0.15) is 0 Å². The maximum absolute atomic E-state index is 4.59. The van der Waals surface area contributed by atoms with Crippen LogP contribution in [-0.2, 0) is 0 Å². The van der Waals surface area contributed by atoms with Crippen LogP contribution in [0.5, 0.6) is 0 Å². The minimum Gasteiger partial charge on any atom is -0.300 e. The number of rotatable bonds is 3.